The molecular formula is C19H22N2O3. The van der Waals surface area contributed by atoms with Crippen LogP contribution >= 0.6 is 0 Å². The maximum Gasteiger partial charge on any atom is 0.247 e. The van der Waals surface area contributed by atoms with Crippen molar-refractivity contribution in [1.29, 1.82) is 0 Å². The molecule has 1 heterocycles. The number of carbonyl (C=O) groups is 3. The molecule has 1 aromatic carbocycles. The SMILES string of the molecule is Cc1ccc(NC(=O)[C@H](C)N2C(=O)[C@H]3CC=CC[C@@H]3C2=O)c(C)c1. The van der Waals surface area contributed by atoms with Crippen LogP contribution in [0.15, 0.2) is 30.4 Å². The number of amides is 3. The zero-order valence-electron chi connectivity index (χ0n) is 14.2. The highest BCUT2D eigenvalue weighted by Crippen LogP contribution is 2.36. The number of fused-ring (bicyclic) bond motifs is 1. The highest BCUT2D eigenvalue weighted by atomic mass is 16.2. The van der Waals surface area contributed by atoms with Gasteiger partial charge in [0.2, 0.25) is 17.7 Å². The van der Waals surface area contributed by atoms with Gasteiger partial charge in [0.1, 0.15) is 6.04 Å². The molecule has 1 saturated heterocycles. The monoisotopic (exact) mass is 326 g/mol. The predicted molar refractivity (Wildman–Crippen MR) is 91.2 cm³/mol. The molecule has 1 fully saturated rings. The summed E-state index contributed by atoms with van der Waals surface area (Å²) >= 11 is 0. The number of nitrogens with one attached hydrogen (secondary N) is 1. The molecule has 1 aliphatic carbocycles. The van der Waals surface area contributed by atoms with E-state index < -0.39 is 6.04 Å². The summed E-state index contributed by atoms with van der Waals surface area (Å²) in [5.74, 6) is -1.40. The van der Waals surface area contributed by atoms with Gasteiger partial charge in [0.25, 0.3) is 0 Å². The molecule has 0 saturated carbocycles. The van der Waals surface area contributed by atoms with Gasteiger partial charge in [-0.3, -0.25) is 19.3 Å². The molecule has 126 valence electrons. The lowest BCUT2D eigenvalue weighted by atomic mass is 9.85. The summed E-state index contributed by atoms with van der Waals surface area (Å²) in [5.41, 5.74) is 2.77. The topological polar surface area (TPSA) is 66.5 Å². The molecule has 0 aromatic heterocycles. The molecule has 0 radical (unpaired) electrons. The third-order valence-electron chi connectivity index (χ3n) is 4.95. The van der Waals surface area contributed by atoms with Gasteiger partial charge in [0, 0.05) is 5.69 Å². The van der Waals surface area contributed by atoms with Crippen molar-refractivity contribution in [3.8, 4) is 0 Å². The van der Waals surface area contributed by atoms with Crippen molar-refractivity contribution in [3.05, 3.63) is 41.5 Å². The molecule has 24 heavy (non-hydrogen) atoms. The molecule has 1 aliphatic heterocycles. The fourth-order valence-electron chi connectivity index (χ4n) is 3.52. The van der Waals surface area contributed by atoms with E-state index in [9.17, 15) is 14.4 Å². The minimum Gasteiger partial charge on any atom is -0.324 e. The summed E-state index contributed by atoms with van der Waals surface area (Å²) in [6, 6.07) is 4.93. The quantitative estimate of drug-likeness (QED) is 0.686. The van der Waals surface area contributed by atoms with E-state index in [0.717, 1.165) is 16.0 Å². The Bertz CT molecular complexity index is 712. The molecule has 5 heteroatoms. The second-order valence-corrected chi connectivity index (χ2v) is 6.69. The Balaban J connectivity index is 1.76. The third kappa shape index (κ3) is 2.75. The third-order valence-corrected chi connectivity index (χ3v) is 4.95. The van der Waals surface area contributed by atoms with Crippen molar-refractivity contribution in [3.63, 3.8) is 0 Å². The Hall–Kier alpha value is -2.43. The first-order valence-electron chi connectivity index (χ1n) is 8.30. The van der Waals surface area contributed by atoms with Crippen LogP contribution < -0.4 is 5.32 Å². The number of likely N-dealkylation sites (tertiary alicyclic amines) is 1. The van der Waals surface area contributed by atoms with Crippen LogP contribution in [0.1, 0.15) is 30.9 Å². The van der Waals surface area contributed by atoms with Gasteiger partial charge >= 0.3 is 0 Å². The summed E-state index contributed by atoms with van der Waals surface area (Å²) in [5, 5.41) is 2.84. The fourth-order valence-corrected chi connectivity index (χ4v) is 3.52. The molecular weight excluding hydrogens is 304 g/mol. The van der Waals surface area contributed by atoms with E-state index in [2.05, 4.69) is 5.32 Å². The van der Waals surface area contributed by atoms with Crippen LogP contribution in [0, 0.1) is 25.7 Å². The normalized spacial score (nSPS) is 24.0. The lowest BCUT2D eigenvalue weighted by molar-refractivity contribution is -0.146. The molecule has 3 atom stereocenters. The summed E-state index contributed by atoms with van der Waals surface area (Å²) in [6.07, 6.45) is 5.04. The number of allylic oxidation sites excluding steroid dienone is 2. The minimum atomic E-state index is -0.809. The van der Waals surface area contributed by atoms with Crippen LogP contribution in [0.3, 0.4) is 0 Å². The van der Waals surface area contributed by atoms with Gasteiger partial charge in [-0.25, -0.2) is 0 Å². The summed E-state index contributed by atoms with van der Waals surface area (Å²) in [7, 11) is 0. The molecule has 3 amide bonds. The van der Waals surface area contributed by atoms with Gasteiger partial charge in [-0.2, -0.15) is 0 Å². The Morgan fingerprint density at radius 2 is 1.71 bits per heavy atom. The van der Waals surface area contributed by atoms with Crippen LogP contribution in [0.25, 0.3) is 0 Å². The van der Waals surface area contributed by atoms with Crippen LogP contribution in [0.5, 0.6) is 0 Å². The highest BCUT2D eigenvalue weighted by Gasteiger charge is 2.50. The number of anilines is 1. The number of nitrogens with zero attached hydrogens (tertiary/aromatic N) is 1. The Morgan fingerprint density at radius 1 is 1.12 bits per heavy atom. The smallest absolute Gasteiger partial charge is 0.247 e. The Labute approximate surface area is 141 Å². The minimum absolute atomic E-state index is 0.224. The number of hydrogen-bond acceptors (Lipinski definition) is 3. The largest absolute Gasteiger partial charge is 0.324 e. The lowest BCUT2D eigenvalue weighted by Gasteiger charge is -2.23. The molecule has 1 N–H and O–H groups in total. The first kappa shape index (κ1) is 16.4. The molecule has 2 aliphatic rings. The number of imide groups is 1. The summed E-state index contributed by atoms with van der Waals surface area (Å²) < 4.78 is 0. The van der Waals surface area contributed by atoms with Gasteiger partial charge < -0.3 is 5.32 Å². The number of rotatable bonds is 3. The van der Waals surface area contributed by atoms with Crippen molar-refractivity contribution in [2.45, 2.75) is 39.7 Å². The van der Waals surface area contributed by atoms with Crippen molar-refractivity contribution in [2.24, 2.45) is 11.8 Å². The van der Waals surface area contributed by atoms with E-state index in [4.69, 9.17) is 0 Å². The van der Waals surface area contributed by atoms with E-state index in [1.54, 1.807) is 6.92 Å². The molecule has 0 spiro atoms. The number of carbonyl (C=O) groups excluding carboxylic acids is 3. The number of hydrogen-bond donors (Lipinski definition) is 1. The average Bonchev–Trinajstić information content (AvgIpc) is 2.81. The van der Waals surface area contributed by atoms with Crippen molar-refractivity contribution < 1.29 is 14.4 Å². The van der Waals surface area contributed by atoms with E-state index >= 15 is 0 Å². The van der Waals surface area contributed by atoms with Crippen molar-refractivity contribution in [1.82, 2.24) is 4.90 Å². The number of aryl methyl sites for hydroxylation is 2. The Kier molecular flexibility index (Phi) is 4.26. The second kappa shape index (κ2) is 6.23. The van der Waals surface area contributed by atoms with Gasteiger partial charge in [0.15, 0.2) is 0 Å². The van der Waals surface area contributed by atoms with Crippen molar-refractivity contribution >= 4 is 23.4 Å². The standard InChI is InChI=1S/C19H22N2O3/c1-11-8-9-16(12(2)10-11)20-17(22)13(3)21-18(23)14-6-4-5-7-15(14)19(21)24/h4-5,8-10,13-15H,6-7H2,1-3H3,(H,20,22)/t13-,14-,15-/m0/s1. The summed E-state index contributed by atoms with van der Waals surface area (Å²) in [6.45, 7) is 5.51. The molecule has 3 rings (SSSR count). The van der Waals surface area contributed by atoms with Crippen LogP contribution in [-0.4, -0.2) is 28.7 Å². The summed E-state index contributed by atoms with van der Waals surface area (Å²) in [4.78, 5) is 38.8. The number of benzene rings is 1. The molecule has 5 nitrogen and oxygen atoms in total. The average molecular weight is 326 g/mol. The van der Waals surface area contributed by atoms with Crippen LogP contribution in [0.4, 0.5) is 5.69 Å². The molecule has 0 bridgehead atoms. The van der Waals surface area contributed by atoms with Crippen LogP contribution in [0.2, 0.25) is 0 Å². The van der Waals surface area contributed by atoms with E-state index in [-0.39, 0.29) is 29.6 Å². The maximum atomic E-state index is 12.6. The first-order valence-corrected chi connectivity index (χ1v) is 8.30. The molecule has 1 aromatic rings. The predicted octanol–water partition coefficient (Wildman–Crippen LogP) is 2.58. The lowest BCUT2D eigenvalue weighted by Crippen LogP contribution is -2.46. The zero-order valence-corrected chi connectivity index (χ0v) is 14.2. The van der Waals surface area contributed by atoms with Gasteiger partial charge in [0.05, 0.1) is 11.8 Å². The van der Waals surface area contributed by atoms with E-state index in [1.165, 1.54) is 0 Å². The van der Waals surface area contributed by atoms with Crippen molar-refractivity contribution in [2.75, 3.05) is 5.32 Å². The van der Waals surface area contributed by atoms with Gasteiger partial charge in [-0.15, -0.1) is 0 Å². The first-order chi connectivity index (χ1) is 11.4. The fraction of sp³-hybridized carbons (Fsp3) is 0.421. The Morgan fingerprint density at radius 3 is 2.25 bits per heavy atom. The maximum absolute atomic E-state index is 12.6. The highest BCUT2D eigenvalue weighted by molar-refractivity contribution is 6.10. The zero-order chi connectivity index (χ0) is 17.4. The molecule has 0 unspecified atom stereocenters. The van der Waals surface area contributed by atoms with Crippen LogP contribution in [-0.2, 0) is 14.4 Å². The second-order valence-electron chi connectivity index (χ2n) is 6.69. The van der Waals surface area contributed by atoms with E-state index in [0.29, 0.717) is 18.5 Å². The van der Waals surface area contributed by atoms with Gasteiger partial charge in [-0.1, -0.05) is 29.8 Å². The van der Waals surface area contributed by atoms with E-state index in [1.807, 2.05) is 44.2 Å². The van der Waals surface area contributed by atoms with Gasteiger partial charge in [-0.05, 0) is 45.2 Å².